The molecule has 2 nitrogen and oxygen atoms in total. The lowest BCUT2D eigenvalue weighted by Gasteiger charge is -1.99. The topological polar surface area (TPSA) is 40.9 Å². The van der Waals surface area contributed by atoms with Gasteiger partial charge in [0.25, 0.3) is 0 Å². The average molecular weight is 133 g/mol. The summed E-state index contributed by atoms with van der Waals surface area (Å²) in [6, 6.07) is 0. The highest BCUT2D eigenvalue weighted by Gasteiger charge is 1.98. The summed E-state index contributed by atoms with van der Waals surface area (Å²) in [7, 11) is 0. The van der Waals surface area contributed by atoms with E-state index in [0.29, 0.717) is 17.6 Å². The third-order valence-electron chi connectivity index (χ3n) is 1.21. The van der Waals surface area contributed by atoms with Crippen molar-refractivity contribution in [2.45, 2.75) is 0 Å². The van der Waals surface area contributed by atoms with Crippen LogP contribution in [0.25, 0.3) is 0 Å². The normalized spacial score (nSPS) is 20.0. The van der Waals surface area contributed by atoms with Crippen molar-refractivity contribution < 1.29 is 4.79 Å². The minimum atomic E-state index is 0.384. The molecule has 0 radical (unpaired) electrons. The van der Waals surface area contributed by atoms with Gasteiger partial charge in [0.2, 0.25) is 0 Å². The molecule has 0 heterocycles. The average Bonchev–Trinajstić information content (AvgIpc) is 1.94. The van der Waals surface area contributed by atoms with Crippen molar-refractivity contribution in [3.63, 3.8) is 0 Å². The maximum atomic E-state index is 9.99. The highest BCUT2D eigenvalue weighted by molar-refractivity contribution is 6.11. The Balaban J connectivity index is 2.90. The molecule has 0 aromatic rings. The quantitative estimate of drug-likeness (QED) is 0.424. The Morgan fingerprint density at radius 1 is 1.30 bits per heavy atom. The van der Waals surface area contributed by atoms with Crippen LogP contribution in [0.1, 0.15) is 0 Å². The van der Waals surface area contributed by atoms with E-state index in [1.165, 1.54) is 6.08 Å². The first-order chi connectivity index (χ1) is 4.84. The molecule has 2 heteroatoms. The Kier molecular flexibility index (Phi) is 1.95. The predicted octanol–water partition coefficient (Wildman–Crippen LogP) is 1.26. The van der Waals surface area contributed by atoms with E-state index in [2.05, 4.69) is 0 Å². The summed E-state index contributed by atoms with van der Waals surface area (Å²) in [6.07, 6.45) is 9.01. The number of nitrogens with one attached hydrogen (secondary N) is 1. The number of aldehydes is 1. The van der Waals surface area contributed by atoms with E-state index in [9.17, 15) is 4.79 Å². The van der Waals surface area contributed by atoms with Gasteiger partial charge in [-0.15, -0.1) is 0 Å². The second-order valence-corrected chi connectivity index (χ2v) is 1.89. The van der Waals surface area contributed by atoms with Gasteiger partial charge in [0.15, 0.2) is 0 Å². The Labute approximate surface area is 59.1 Å². The molecule has 0 aromatic heterocycles. The van der Waals surface area contributed by atoms with E-state index in [-0.39, 0.29) is 0 Å². The van der Waals surface area contributed by atoms with Gasteiger partial charge in [-0.25, -0.2) is 0 Å². The zero-order chi connectivity index (χ0) is 7.40. The molecule has 0 unspecified atom stereocenters. The standard InChI is InChI=1S/C8H7NO/c9-8-4-2-1-3-7(8)5-6-10/h1-6,9H. The number of allylic oxidation sites excluding steroid dienone is 6. The van der Waals surface area contributed by atoms with Crippen molar-refractivity contribution >= 4 is 12.0 Å². The van der Waals surface area contributed by atoms with Crippen LogP contribution in [-0.2, 0) is 4.79 Å². The molecule has 0 saturated carbocycles. The van der Waals surface area contributed by atoms with Gasteiger partial charge >= 0.3 is 0 Å². The Morgan fingerprint density at radius 3 is 2.60 bits per heavy atom. The summed E-state index contributed by atoms with van der Waals surface area (Å²) in [5.74, 6) is 0. The van der Waals surface area contributed by atoms with Gasteiger partial charge in [-0.2, -0.15) is 0 Å². The van der Waals surface area contributed by atoms with E-state index in [4.69, 9.17) is 5.41 Å². The minimum absolute atomic E-state index is 0.384. The fourth-order valence-electron chi connectivity index (χ4n) is 0.716. The van der Waals surface area contributed by atoms with Crippen molar-refractivity contribution in [2.24, 2.45) is 0 Å². The highest BCUT2D eigenvalue weighted by Crippen LogP contribution is 2.04. The van der Waals surface area contributed by atoms with Crippen LogP contribution in [0.5, 0.6) is 0 Å². The molecule has 0 aliphatic heterocycles. The number of carbonyl (C=O) groups is 1. The molecule has 0 atom stereocenters. The second-order valence-electron chi connectivity index (χ2n) is 1.89. The largest absolute Gasteiger partial charge is 0.300 e. The Morgan fingerprint density at radius 2 is 2.00 bits per heavy atom. The lowest BCUT2D eigenvalue weighted by Crippen LogP contribution is -1.97. The van der Waals surface area contributed by atoms with Gasteiger partial charge in [-0.1, -0.05) is 18.2 Å². The predicted molar refractivity (Wildman–Crippen MR) is 40.2 cm³/mol. The van der Waals surface area contributed by atoms with Crippen molar-refractivity contribution in [2.75, 3.05) is 0 Å². The van der Waals surface area contributed by atoms with Crippen LogP contribution in [0.3, 0.4) is 0 Å². The van der Waals surface area contributed by atoms with E-state index >= 15 is 0 Å². The first-order valence-electron chi connectivity index (χ1n) is 2.94. The Hall–Kier alpha value is -1.44. The van der Waals surface area contributed by atoms with Crippen LogP contribution in [-0.4, -0.2) is 12.0 Å². The van der Waals surface area contributed by atoms with Crippen LogP contribution < -0.4 is 0 Å². The fraction of sp³-hybridized carbons (Fsp3) is 0. The Bertz CT molecular complexity index is 246. The second kappa shape index (κ2) is 2.92. The maximum Gasteiger partial charge on any atom is 0.143 e. The highest BCUT2D eigenvalue weighted by atomic mass is 16.1. The smallest absolute Gasteiger partial charge is 0.143 e. The summed E-state index contributed by atoms with van der Waals surface area (Å²) >= 11 is 0. The van der Waals surface area contributed by atoms with E-state index in [1.807, 2.05) is 0 Å². The van der Waals surface area contributed by atoms with Gasteiger partial charge < -0.3 is 5.41 Å². The van der Waals surface area contributed by atoms with E-state index < -0.39 is 0 Å². The SMILES string of the molecule is N=C1C=CC=CC1=CC=O. The van der Waals surface area contributed by atoms with Crippen molar-refractivity contribution in [1.29, 1.82) is 5.41 Å². The molecule has 1 aliphatic carbocycles. The van der Waals surface area contributed by atoms with Crippen LogP contribution in [0.2, 0.25) is 0 Å². The molecule has 1 N–H and O–H groups in total. The van der Waals surface area contributed by atoms with Gasteiger partial charge in [-0.05, 0) is 12.2 Å². The van der Waals surface area contributed by atoms with Gasteiger partial charge in [-0.3, -0.25) is 4.79 Å². The molecule has 0 amide bonds. The fourth-order valence-corrected chi connectivity index (χ4v) is 0.716. The maximum absolute atomic E-state index is 9.99. The number of hydrogen-bond donors (Lipinski definition) is 1. The zero-order valence-electron chi connectivity index (χ0n) is 5.37. The lowest BCUT2D eigenvalue weighted by atomic mass is 10.1. The van der Waals surface area contributed by atoms with Gasteiger partial charge in [0, 0.05) is 5.57 Å². The van der Waals surface area contributed by atoms with Crippen molar-refractivity contribution in [3.8, 4) is 0 Å². The lowest BCUT2D eigenvalue weighted by molar-refractivity contribution is -0.104. The molecule has 0 spiro atoms. The number of hydrogen-bond acceptors (Lipinski definition) is 2. The monoisotopic (exact) mass is 133 g/mol. The van der Waals surface area contributed by atoms with Crippen molar-refractivity contribution in [3.05, 3.63) is 36.0 Å². The first-order valence-corrected chi connectivity index (χ1v) is 2.94. The molecule has 1 rings (SSSR count). The van der Waals surface area contributed by atoms with Crippen LogP contribution in [0, 0.1) is 5.41 Å². The molecule has 0 saturated heterocycles. The van der Waals surface area contributed by atoms with Gasteiger partial charge in [0.1, 0.15) is 6.29 Å². The summed E-state index contributed by atoms with van der Waals surface area (Å²) in [4.78, 5) is 9.99. The molecule has 50 valence electrons. The summed E-state index contributed by atoms with van der Waals surface area (Å²) in [6.45, 7) is 0. The molecule has 0 fully saturated rings. The third kappa shape index (κ3) is 1.29. The summed E-state index contributed by atoms with van der Waals surface area (Å²) < 4.78 is 0. The molecular weight excluding hydrogens is 126 g/mol. The first kappa shape index (κ1) is 6.68. The summed E-state index contributed by atoms with van der Waals surface area (Å²) in [5, 5.41) is 7.28. The summed E-state index contributed by atoms with van der Waals surface area (Å²) in [5.41, 5.74) is 1.05. The zero-order valence-corrected chi connectivity index (χ0v) is 5.37. The molecule has 10 heavy (non-hydrogen) atoms. The number of rotatable bonds is 1. The van der Waals surface area contributed by atoms with E-state index in [1.54, 1.807) is 24.3 Å². The van der Waals surface area contributed by atoms with Crippen LogP contribution >= 0.6 is 0 Å². The molecule has 1 aliphatic rings. The van der Waals surface area contributed by atoms with Gasteiger partial charge in [0.05, 0.1) is 5.71 Å². The van der Waals surface area contributed by atoms with Crippen LogP contribution in [0.15, 0.2) is 36.0 Å². The minimum Gasteiger partial charge on any atom is -0.300 e. The molecule has 0 aromatic carbocycles. The van der Waals surface area contributed by atoms with E-state index in [0.717, 1.165) is 0 Å². The molecular formula is C8H7NO. The van der Waals surface area contributed by atoms with Crippen molar-refractivity contribution in [1.82, 2.24) is 0 Å². The third-order valence-corrected chi connectivity index (χ3v) is 1.21. The number of carbonyl (C=O) groups excluding carboxylic acids is 1. The molecule has 0 bridgehead atoms. The van der Waals surface area contributed by atoms with Crippen LogP contribution in [0.4, 0.5) is 0 Å².